The number of piperidine rings is 1. The summed E-state index contributed by atoms with van der Waals surface area (Å²) in [6.45, 7) is 1.84. The van der Waals surface area contributed by atoms with Gasteiger partial charge in [0.1, 0.15) is 15.7 Å². The van der Waals surface area contributed by atoms with Gasteiger partial charge in [-0.3, -0.25) is 13.7 Å². The molecule has 1 amide bonds. The lowest BCUT2D eigenvalue weighted by molar-refractivity contribution is 0.0984. The van der Waals surface area contributed by atoms with Gasteiger partial charge in [0, 0.05) is 51.1 Å². The fourth-order valence-electron chi connectivity index (χ4n) is 4.22. The Hall–Kier alpha value is -2.83. The third-order valence-electron chi connectivity index (χ3n) is 5.72. The van der Waals surface area contributed by atoms with Crippen molar-refractivity contribution in [2.24, 2.45) is 7.05 Å². The smallest absolute Gasteiger partial charge is 0.270 e. The maximum absolute atomic E-state index is 13.0. The Labute approximate surface area is 195 Å². The lowest BCUT2D eigenvalue weighted by Crippen LogP contribution is -2.40. The van der Waals surface area contributed by atoms with Crippen LogP contribution in [0.5, 0.6) is 0 Å². The van der Waals surface area contributed by atoms with Gasteiger partial charge in [-0.2, -0.15) is 13.5 Å². The standard InChI is InChI=1S/C21H24N6O4S2/c1-25-12-15(11-23-25)27-9-7-17-19(21(27)28)32-20(24-17)14-5-6-18(22-10-14)26-8-3-4-16(13-26)31-33(2,29)30/h5-6,10-12,16H,3-4,7-9,13H2,1-2H3/t16-/m0/s1. The molecule has 0 spiro atoms. The number of carbonyl (C=O) groups excluding carboxylic acids is 1. The predicted molar refractivity (Wildman–Crippen MR) is 125 cm³/mol. The van der Waals surface area contributed by atoms with E-state index >= 15 is 0 Å². The van der Waals surface area contributed by atoms with Crippen molar-refractivity contribution in [2.75, 3.05) is 35.7 Å². The SMILES string of the molecule is Cn1cc(N2CCc3nc(-c4ccc(N5CCC[C@H](OS(C)(=O)=O)C5)nc4)sc3C2=O)cn1. The van der Waals surface area contributed by atoms with Gasteiger partial charge in [-0.05, 0) is 25.0 Å². The highest BCUT2D eigenvalue weighted by Gasteiger charge is 2.30. The molecular weight excluding hydrogens is 464 g/mol. The number of hydrogen-bond acceptors (Lipinski definition) is 9. The van der Waals surface area contributed by atoms with Gasteiger partial charge in [0.25, 0.3) is 16.0 Å². The minimum atomic E-state index is -3.49. The first-order valence-corrected chi connectivity index (χ1v) is 13.3. The molecule has 0 aromatic carbocycles. The van der Waals surface area contributed by atoms with E-state index in [0.717, 1.165) is 47.0 Å². The molecule has 3 aromatic heterocycles. The summed E-state index contributed by atoms with van der Waals surface area (Å²) in [6, 6.07) is 3.85. The zero-order valence-corrected chi connectivity index (χ0v) is 20.0. The van der Waals surface area contributed by atoms with Gasteiger partial charge in [-0.1, -0.05) is 0 Å². The number of amides is 1. The summed E-state index contributed by atoms with van der Waals surface area (Å²) in [6.07, 6.45) is 8.22. The highest BCUT2D eigenvalue weighted by atomic mass is 32.2. The number of hydrogen-bond donors (Lipinski definition) is 0. The molecule has 0 bridgehead atoms. The molecule has 10 nitrogen and oxygen atoms in total. The van der Waals surface area contributed by atoms with Crippen LogP contribution in [0.15, 0.2) is 30.7 Å². The second-order valence-corrected chi connectivity index (χ2v) is 10.9. The second-order valence-electron chi connectivity index (χ2n) is 8.29. The van der Waals surface area contributed by atoms with Gasteiger partial charge in [-0.15, -0.1) is 11.3 Å². The molecule has 2 aliphatic heterocycles. The lowest BCUT2D eigenvalue weighted by atomic mass is 10.1. The van der Waals surface area contributed by atoms with Crippen molar-refractivity contribution >= 4 is 38.9 Å². The Morgan fingerprint density at radius 2 is 2.06 bits per heavy atom. The predicted octanol–water partition coefficient (Wildman–Crippen LogP) is 2.09. The fraction of sp³-hybridized carbons (Fsp3) is 0.429. The summed E-state index contributed by atoms with van der Waals surface area (Å²) in [7, 11) is -1.66. The topological polar surface area (TPSA) is 111 Å². The van der Waals surface area contributed by atoms with Crippen molar-refractivity contribution in [1.29, 1.82) is 0 Å². The summed E-state index contributed by atoms with van der Waals surface area (Å²) < 4.78 is 29.8. The van der Waals surface area contributed by atoms with Crippen molar-refractivity contribution in [1.82, 2.24) is 19.7 Å². The van der Waals surface area contributed by atoms with E-state index in [4.69, 9.17) is 9.17 Å². The van der Waals surface area contributed by atoms with E-state index in [1.54, 1.807) is 22.0 Å². The molecule has 0 N–H and O–H groups in total. The van der Waals surface area contributed by atoms with Crippen LogP contribution in [-0.2, 0) is 27.8 Å². The normalized spacial score (nSPS) is 19.1. The van der Waals surface area contributed by atoms with Gasteiger partial charge < -0.3 is 9.80 Å². The van der Waals surface area contributed by atoms with E-state index in [9.17, 15) is 13.2 Å². The van der Waals surface area contributed by atoms with Crippen LogP contribution in [0, 0.1) is 0 Å². The molecule has 0 saturated carbocycles. The molecule has 1 atom stereocenters. The van der Waals surface area contributed by atoms with Crippen molar-refractivity contribution in [2.45, 2.75) is 25.4 Å². The van der Waals surface area contributed by atoms with Crippen LogP contribution < -0.4 is 9.80 Å². The van der Waals surface area contributed by atoms with E-state index in [1.165, 1.54) is 11.3 Å². The Balaban J connectivity index is 1.32. The number of pyridine rings is 1. The molecule has 1 fully saturated rings. The van der Waals surface area contributed by atoms with Gasteiger partial charge in [-0.25, -0.2) is 9.97 Å². The number of thiazole rings is 1. The molecule has 2 aliphatic rings. The molecular formula is C21H24N6O4S2. The molecule has 0 aliphatic carbocycles. The number of anilines is 2. The molecule has 0 unspecified atom stereocenters. The first-order chi connectivity index (χ1) is 15.8. The summed E-state index contributed by atoms with van der Waals surface area (Å²) in [4.78, 5) is 26.8. The second kappa shape index (κ2) is 8.50. The van der Waals surface area contributed by atoms with E-state index in [2.05, 4.69) is 10.1 Å². The molecule has 5 rings (SSSR count). The molecule has 3 aromatic rings. The monoisotopic (exact) mass is 488 g/mol. The van der Waals surface area contributed by atoms with Gasteiger partial charge >= 0.3 is 0 Å². The first-order valence-electron chi connectivity index (χ1n) is 10.7. The fourth-order valence-corrected chi connectivity index (χ4v) is 5.92. The van der Waals surface area contributed by atoms with E-state index in [-0.39, 0.29) is 12.0 Å². The lowest BCUT2D eigenvalue weighted by Gasteiger charge is -2.32. The number of aromatic nitrogens is 4. The average molecular weight is 489 g/mol. The quantitative estimate of drug-likeness (QED) is 0.502. The molecule has 174 valence electrons. The van der Waals surface area contributed by atoms with Crippen LogP contribution in [0.25, 0.3) is 10.6 Å². The van der Waals surface area contributed by atoms with Crippen LogP contribution in [-0.4, -0.2) is 66.1 Å². The van der Waals surface area contributed by atoms with Gasteiger partial charge in [0.15, 0.2) is 0 Å². The summed E-state index contributed by atoms with van der Waals surface area (Å²) in [5, 5.41) is 4.93. The maximum Gasteiger partial charge on any atom is 0.270 e. The molecule has 12 heteroatoms. The zero-order chi connectivity index (χ0) is 23.2. The molecule has 33 heavy (non-hydrogen) atoms. The average Bonchev–Trinajstić information content (AvgIpc) is 3.40. The van der Waals surface area contributed by atoms with Crippen LogP contribution >= 0.6 is 11.3 Å². The summed E-state index contributed by atoms with van der Waals surface area (Å²) in [5.74, 6) is 0.712. The van der Waals surface area contributed by atoms with Crippen LogP contribution in [0.3, 0.4) is 0 Å². The van der Waals surface area contributed by atoms with E-state index in [0.29, 0.717) is 30.8 Å². The largest absolute Gasteiger partial charge is 0.354 e. The highest BCUT2D eigenvalue weighted by molar-refractivity contribution is 7.86. The van der Waals surface area contributed by atoms with Crippen LogP contribution in [0.4, 0.5) is 11.5 Å². The number of rotatable bonds is 5. The number of fused-ring (bicyclic) bond motifs is 1. The van der Waals surface area contributed by atoms with Crippen molar-refractivity contribution in [3.05, 3.63) is 41.3 Å². The minimum absolute atomic E-state index is 0.0529. The van der Waals surface area contributed by atoms with Crippen molar-refractivity contribution in [3.63, 3.8) is 0 Å². The third-order valence-corrected chi connectivity index (χ3v) is 7.48. The first kappa shape index (κ1) is 22.0. The maximum atomic E-state index is 13.0. The Kier molecular flexibility index (Phi) is 5.67. The Bertz CT molecular complexity index is 1280. The minimum Gasteiger partial charge on any atom is -0.354 e. The van der Waals surface area contributed by atoms with E-state index < -0.39 is 10.1 Å². The van der Waals surface area contributed by atoms with Gasteiger partial charge in [0.2, 0.25) is 0 Å². The van der Waals surface area contributed by atoms with Gasteiger partial charge in [0.05, 0.1) is 29.9 Å². The Morgan fingerprint density at radius 1 is 1.21 bits per heavy atom. The number of nitrogens with zero attached hydrogens (tertiary/aromatic N) is 6. The van der Waals surface area contributed by atoms with Crippen molar-refractivity contribution < 1.29 is 17.4 Å². The zero-order valence-electron chi connectivity index (χ0n) is 18.3. The molecule has 1 saturated heterocycles. The summed E-state index contributed by atoms with van der Waals surface area (Å²) >= 11 is 1.38. The number of carbonyl (C=O) groups is 1. The number of aryl methyl sites for hydroxylation is 1. The highest BCUT2D eigenvalue weighted by Crippen LogP contribution is 2.33. The Morgan fingerprint density at radius 3 is 2.76 bits per heavy atom. The summed E-state index contributed by atoms with van der Waals surface area (Å²) in [5.41, 5.74) is 2.45. The molecule has 0 radical (unpaired) electrons. The van der Waals surface area contributed by atoms with Crippen LogP contribution in [0.2, 0.25) is 0 Å². The van der Waals surface area contributed by atoms with Crippen LogP contribution in [0.1, 0.15) is 28.2 Å². The van der Waals surface area contributed by atoms with E-state index in [1.807, 2.05) is 30.3 Å². The molecule has 5 heterocycles. The third kappa shape index (κ3) is 4.63. The van der Waals surface area contributed by atoms with Crippen molar-refractivity contribution in [3.8, 4) is 10.6 Å².